The SMILES string of the molecule is CCC(CC)(CBr)CN(C)c1cccc(F)c1. The Labute approximate surface area is 112 Å². The molecule has 0 aromatic heterocycles. The van der Waals surface area contributed by atoms with Crippen molar-refractivity contribution in [3.05, 3.63) is 30.1 Å². The van der Waals surface area contributed by atoms with Gasteiger partial charge >= 0.3 is 0 Å². The second kappa shape index (κ2) is 6.39. The zero-order valence-corrected chi connectivity index (χ0v) is 12.4. The van der Waals surface area contributed by atoms with Crippen LogP contribution in [-0.4, -0.2) is 18.9 Å². The fourth-order valence-corrected chi connectivity index (χ4v) is 2.98. The highest BCUT2D eigenvalue weighted by Crippen LogP contribution is 2.31. The van der Waals surface area contributed by atoms with Crippen molar-refractivity contribution < 1.29 is 4.39 Å². The van der Waals surface area contributed by atoms with E-state index >= 15 is 0 Å². The molecule has 0 aliphatic heterocycles. The van der Waals surface area contributed by atoms with Gasteiger partial charge in [-0.15, -0.1) is 0 Å². The van der Waals surface area contributed by atoms with Crippen LogP contribution in [-0.2, 0) is 0 Å². The largest absolute Gasteiger partial charge is 0.374 e. The second-order valence-corrected chi connectivity index (χ2v) is 5.24. The first-order valence-electron chi connectivity index (χ1n) is 6.09. The van der Waals surface area contributed by atoms with Crippen LogP contribution in [0.5, 0.6) is 0 Å². The lowest BCUT2D eigenvalue weighted by atomic mass is 9.84. The highest BCUT2D eigenvalue weighted by Gasteiger charge is 2.26. The number of hydrogen-bond donors (Lipinski definition) is 0. The van der Waals surface area contributed by atoms with Crippen LogP contribution >= 0.6 is 15.9 Å². The number of hydrogen-bond acceptors (Lipinski definition) is 1. The van der Waals surface area contributed by atoms with Crippen LogP contribution in [0, 0.1) is 11.2 Å². The van der Waals surface area contributed by atoms with E-state index < -0.39 is 0 Å². The molecule has 0 radical (unpaired) electrons. The van der Waals surface area contributed by atoms with Crippen molar-refractivity contribution in [1.82, 2.24) is 0 Å². The Hall–Kier alpha value is -0.570. The molecule has 1 rings (SSSR count). The van der Waals surface area contributed by atoms with E-state index in [0.29, 0.717) is 0 Å². The van der Waals surface area contributed by atoms with E-state index in [4.69, 9.17) is 0 Å². The first-order valence-corrected chi connectivity index (χ1v) is 7.21. The maximum atomic E-state index is 13.2. The summed E-state index contributed by atoms with van der Waals surface area (Å²) in [5, 5.41) is 0.979. The summed E-state index contributed by atoms with van der Waals surface area (Å²) in [6.45, 7) is 5.36. The van der Waals surface area contributed by atoms with Crippen molar-refractivity contribution in [2.75, 3.05) is 23.8 Å². The van der Waals surface area contributed by atoms with Crippen molar-refractivity contribution in [2.45, 2.75) is 26.7 Å². The van der Waals surface area contributed by atoms with Gasteiger partial charge in [0.15, 0.2) is 0 Å². The van der Waals surface area contributed by atoms with Crippen molar-refractivity contribution in [2.24, 2.45) is 5.41 Å². The summed E-state index contributed by atoms with van der Waals surface area (Å²) in [6.07, 6.45) is 2.24. The monoisotopic (exact) mass is 301 g/mol. The van der Waals surface area contributed by atoms with Crippen molar-refractivity contribution >= 4 is 21.6 Å². The summed E-state index contributed by atoms with van der Waals surface area (Å²) >= 11 is 3.61. The highest BCUT2D eigenvalue weighted by molar-refractivity contribution is 9.09. The standard InChI is InChI=1S/C14H21BrFN/c1-4-14(5-2,10-15)11-17(3)13-8-6-7-12(16)9-13/h6-9H,4-5,10-11H2,1-3H3. The van der Waals surface area contributed by atoms with Crippen LogP contribution in [0.3, 0.4) is 0 Å². The van der Waals surface area contributed by atoms with Crippen LogP contribution in [0.1, 0.15) is 26.7 Å². The lowest BCUT2D eigenvalue weighted by molar-refractivity contribution is 0.316. The van der Waals surface area contributed by atoms with Gasteiger partial charge in [-0.05, 0) is 36.5 Å². The molecule has 0 aliphatic carbocycles. The van der Waals surface area contributed by atoms with Crippen LogP contribution in [0.15, 0.2) is 24.3 Å². The van der Waals surface area contributed by atoms with Gasteiger partial charge < -0.3 is 4.90 Å². The van der Waals surface area contributed by atoms with Gasteiger partial charge in [0.25, 0.3) is 0 Å². The predicted octanol–water partition coefficient (Wildman–Crippen LogP) is 4.46. The third-order valence-corrected chi connectivity index (χ3v) is 4.79. The Morgan fingerprint density at radius 3 is 2.41 bits per heavy atom. The molecule has 0 spiro atoms. The van der Waals surface area contributed by atoms with E-state index in [-0.39, 0.29) is 11.2 Å². The number of halogens is 2. The Morgan fingerprint density at radius 1 is 1.29 bits per heavy atom. The van der Waals surface area contributed by atoms with Gasteiger partial charge in [-0.3, -0.25) is 0 Å². The predicted molar refractivity (Wildman–Crippen MR) is 76.5 cm³/mol. The molecule has 0 saturated carbocycles. The molecule has 0 fully saturated rings. The summed E-state index contributed by atoms with van der Waals surface area (Å²) in [7, 11) is 2.03. The molecule has 3 heteroatoms. The minimum Gasteiger partial charge on any atom is -0.374 e. The molecule has 0 N–H and O–H groups in total. The molecule has 1 aromatic rings. The molecule has 0 atom stereocenters. The second-order valence-electron chi connectivity index (χ2n) is 4.68. The van der Waals surface area contributed by atoms with E-state index in [1.54, 1.807) is 12.1 Å². The van der Waals surface area contributed by atoms with Gasteiger partial charge in [0.1, 0.15) is 5.82 Å². The summed E-state index contributed by atoms with van der Waals surface area (Å²) in [4.78, 5) is 2.14. The van der Waals surface area contributed by atoms with Gasteiger partial charge in [0, 0.05) is 24.6 Å². The van der Waals surface area contributed by atoms with Gasteiger partial charge in [0.05, 0.1) is 0 Å². The molecule has 96 valence electrons. The normalized spacial score (nSPS) is 11.6. The number of anilines is 1. The summed E-state index contributed by atoms with van der Waals surface area (Å²) in [5.41, 5.74) is 1.21. The van der Waals surface area contributed by atoms with Crippen molar-refractivity contribution in [3.8, 4) is 0 Å². The minimum atomic E-state index is -0.174. The average Bonchev–Trinajstić information content (AvgIpc) is 2.36. The number of nitrogens with zero attached hydrogens (tertiary/aromatic N) is 1. The lowest BCUT2D eigenvalue weighted by Gasteiger charge is -2.35. The molecule has 0 bridgehead atoms. The first-order chi connectivity index (χ1) is 8.06. The summed E-state index contributed by atoms with van der Waals surface area (Å²) in [5.74, 6) is -0.174. The summed E-state index contributed by atoms with van der Waals surface area (Å²) < 4.78 is 13.2. The minimum absolute atomic E-state index is 0.174. The fourth-order valence-electron chi connectivity index (χ4n) is 2.01. The topological polar surface area (TPSA) is 3.24 Å². The molecule has 1 nitrogen and oxygen atoms in total. The smallest absolute Gasteiger partial charge is 0.125 e. The lowest BCUT2D eigenvalue weighted by Crippen LogP contribution is -2.36. The highest BCUT2D eigenvalue weighted by atomic mass is 79.9. The molecule has 0 heterocycles. The Bertz CT molecular complexity index is 342. The van der Waals surface area contributed by atoms with Crippen LogP contribution in [0.25, 0.3) is 0 Å². The number of rotatable bonds is 6. The Kier molecular flexibility index (Phi) is 5.44. The average molecular weight is 302 g/mol. The molecule has 0 amide bonds. The maximum Gasteiger partial charge on any atom is 0.125 e. The van der Waals surface area contributed by atoms with E-state index in [1.807, 2.05) is 13.1 Å². The maximum absolute atomic E-state index is 13.2. The summed E-state index contributed by atoms with van der Waals surface area (Å²) in [6, 6.07) is 6.78. The Morgan fingerprint density at radius 2 is 1.94 bits per heavy atom. The Balaban J connectivity index is 2.80. The number of benzene rings is 1. The molecule has 17 heavy (non-hydrogen) atoms. The van der Waals surface area contributed by atoms with E-state index in [9.17, 15) is 4.39 Å². The van der Waals surface area contributed by atoms with Crippen LogP contribution in [0.2, 0.25) is 0 Å². The number of alkyl halides is 1. The zero-order valence-electron chi connectivity index (χ0n) is 10.8. The van der Waals surface area contributed by atoms with E-state index in [2.05, 4.69) is 34.7 Å². The molecule has 1 aromatic carbocycles. The van der Waals surface area contributed by atoms with Crippen molar-refractivity contribution in [1.29, 1.82) is 0 Å². The molecule has 0 unspecified atom stereocenters. The van der Waals surface area contributed by atoms with Crippen LogP contribution < -0.4 is 4.90 Å². The first kappa shape index (κ1) is 14.5. The fraction of sp³-hybridized carbons (Fsp3) is 0.571. The van der Waals surface area contributed by atoms with E-state index in [0.717, 1.165) is 30.4 Å². The molecule has 0 saturated heterocycles. The third-order valence-electron chi connectivity index (χ3n) is 3.61. The third kappa shape index (κ3) is 3.70. The molecular weight excluding hydrogens is 281 g/mol. The molecular formula is C14H21BrFN. The molecule has 0 aliphatic rings. The van der Waals surface area contributed by atoms with E-state index in [1.165, 1.54) is 6.07 Å². The quantitative estimate of drug-likeness (QED) is 0.701. The van der Waals surface area contributed by atoms with Gasteiger partial charge in [0.2, 0.25) is 0 Å². The van der Waals surface area contributed by atoms with Gasteiger partial charge in [-0.1, -0.05) is 35.8 Å². The van der Waals surface area contributed by atoms with Crippen LogP contribution in [0.4, 0.5) is 10.1 Å². The zero-order chi connectivity index (χ0) is 12.9. The van der Waals surface area contributed by atoms with Gasteiger partial charge in [-0.2, -0.15) is 0 Å². The van der Waals surface area contributed by atoms with Crippen molar-refractivity contribution in [3.63, 3.8) is 0 Å². The van der Waals surface area contributed by atoms with Gasteiger partial charge in [-0.25, -0.2) is 4.39 Å².